The van der Waals surface area contributed by atoms with Crippen LogP contribution in [0.5, 0.6) is 0 Å². The molecule has 0 amide bonds. The number of aryl methyl sites for hydroxylation is 1. The van der Waals surface area contributed by atoms with E-state index >= 15 is 0 Å². The molecule has 0 fully saturated rings. The number of anilines is 1. The van der Waals surface area contributed by atoms with Gasteiger partial charge in [-0.1, -0.05) is 37.0 Å². The highest BCUT2D eigenvalue weighted by Gasteiger charge is 2.11. The molecule has 0 aliphatic carbocycles. The van der Waals surface area contributed by atoms with Gasteiger partial charge in [-0.3, -0.25) is 5.43 Å². The Kier molecular flexibility index (Phi) is 5.17. The lowest BCUT2D eigenvalue weighted by atomic mass is 10.3. The molecule has 21 heavy (non-hydrogen) atoms. The first-order chi connectivity index (χ1) is 10.1. The number of hydrogen-bond donors (Lipinski definition) is 2. The second kappa shape index (κ2) is 6.89. The quantitative estimate of drug-likeness (QED) is 0.825. The van der Waals surface area contributed by atoms with Crippen LogP contribution in [0.3, 0.4) is 0 Å². The largest absolute Gasteiger partial charge is 0.356 e. The number of rotatable bonds is 5. The minimum absolute atomic E-state index is 0.245. The Morgan fingerprint density at radius 2 is 1.95 bits per heavy atom. The molecule has 0 saturated heterocycles. The van der Waals surface area contributed by atoms with Gasteiger partial charge in [0, 0.05) is 13.0 Å². The highest BCUT2D eigenvalue weighted by atomic mass is 35.5. The summed E-state index contributed by atoms with van der Waals surface area (Å²) in [5.74, 6) is 0.823. The molecule has 1 aromatic heterocycles. The Bertz CT molecular complexity index is 701. The molecule has 2 aromatic rings. The van der Waals surface area contributed by atoms with Crippen molar-refractivity contribution >= 4 is 29.2 Å². The van der Waals surface area contributed by atoms with Crippen LogP contribution in [0, 0.1) is 0 Å². The molecule has 8 heteroatoms. The molecule has 0 spiro atoms. The highest BCUT2D eigenvalue weighted by Crippen LogP contribution is 2.24. The van der Waals surface area contributed by atoms with E-state index in [1.807, 2.05) is 13.8 Å². The summed E-state index contributed by atoms with van der Waals surface area (Å²) in [5, 5.41) is 0.802. The van der Waals surface area contributed by atoms with Crippen LogP contribution in [0.2, 0.25) is 10.0 Å². The van der Waals surface area contributed by atoms with E-state index in [4.69, 9.17) is 23.2 Å². The van der Waals surface area contributed by atoms with Crippen LogP contribution in [0.1, 0.15) is 19.7 Å². The van der Waals surface area contributed by atoms with Gasteiger partial charge in [0.2, 0.25) is 5.95 Å². The summed E-state index contributed by atoms with van der Waals surface area (Å²) in [6, 6.07) is 4.95. The van der Waals surface area contributed by atoms with Crippen molar-refractivity contribution in [1.82, 2.24) is 20.0 Å². The van der Waals surface area contributed by atoms with Gasteiger partial charge in [0.15, 0.2) is 0 Å². The molecule has 0 radical (unpaired) electrons. The normalized spacial score (nSPS) is 10.7. The van der Waals surface area contributed by atoms with Crippen molar-refractivity contribution in [3.63, 3.8) is 0 Å². The first-order valence-electron chi connectivity index (χ1n) is 6.51. The minimum atomic E-state index is -0.430. The summed E-state index contributed by atoms with van der Waals surface area (Å²) in [6.45, 7) is 4.51. The van der Waals surface area contributed by atoms with E-state index < -0.39 is 5.69 Å². The first-order valence-corrected chi connectivity index (χ1v) is 7.26. The van der Waals surface area contributed by atoms with E-state index in [0.29, 0.717) is 34.5 Å². The van der Waals surface area contributed by atoms with Gasteiger partial charge in [0.25, 0.3) is 0 Å². The van der Waals surface area contributed by atoms with E-state index in [9.17, 15) is 4.79 Å². The molecular formula is C13H15Cl2N5O. The van der Waals surface area contributed by atoms with Crippen LogP contribution in [-0.2, 0) is 6.42 Å². The van der Waals surface area contributed by atoms with E-state index in [1.165, 1.54) is 4.57 Å². The third-order valence-electron chi connectivity index (χ3n) is 2.74. The average molecular weight is 328 g/mol. The van der Waals surface area contributed by atoms with Gasteiger partial charge in [-0.2, -0.15) is 9.97 Å². The van der Waals surface area contributed by atoms with Crippen molar-refractivity contribution in [1.29, 1.82) is 0 Å². The molecule has 6 nitrogen and oxygen atoms in total. The molecule has 0 aliphatic rings. The zero-order valence-corrected chi connectivity index (χ0v) is 13.2. The van der Waals surface area contributed by atoms with Crippen LogP contribution in [0.15, 0.2) is 23.0 Å². The SMILES string of the molecule is CCNNc1nc(CC)n(-c2ccc(Cl)c(Cl)c2)c(=O)n1. The molecule has 2 N–H and O–H groups in total. The Morgan fingerprint density at radius 3 is 2.57 bits per heavy atom. The van der Waals surface area contributed by atoms with Crippen LogP contribution >= 0.6 is 23.2 Å². The fourth-order valence-corrected chi connectivity index (χ4v) is 2.08. The number of nitrogens with zero attached hydrogens (tertiary/aromatic N) is 3. The maximum absolute atomic E-state index is 12.2. The smallest absolute Gasteiger partial charge is 0.289 e. The Balaban J connectivity index is 2.52. The molecule has 0 bridgehead atoms. The number of hydrogen-bond acceptors (Lipinski definition) is 5. The van der Waals surface area contributed by atoms with Crippen LogP contribution in [0.4, 0.5) is 5.95 Å². The van der Waals surface area contributed by atoms with E-state index in [2.05, 4.69) is 20.8 Å². The van der Waals surface area contributed by atoms with Gasteiger partial charge < -0.3 is 0 Å². The topological polar surface area (TPSA) is 71.8 Å². The van der Waals surface area contributed by atoms with Gasteiger partial charge in [-0.05, 0) is 18.2 Å². The summed E-state index contributed by atoms with van der Waals surface area (Å²) in [4.78, 5) is 20.5. The van der Waals surface area contributed by atoms with Gasteiger partial charge in [-0.25, -0.2) is 14.8 Å². The van der Waals surface area contributed by atoms with Crippen molar-refractivity contribution in [2.24, 2.45) is 0 Å². The summed E-state index contributed by atoms with van der Waals surface area (Å²) in [7, 11) is 0. The van der Waals surface area contributed by atoms with Crippen molar-refractivity contribution in [2.75, 3.05) is 12.0 Å². The van der Waals surface area contributed by atoms with Gasteiger partial charge in [0.1, 0.15) is 5.82 Å². The number of benzene rings is 1. The van der Waals surface area contributed by atoms with Crippen LogP contribution < -0.4 is 16.5 Å². The lowest BCUT2D eigenvalue weighted by Crippen LogP contribution is -2.30. The summed E-state index contributed by atoms with van der Waals surface area (Å²) in [6.07, 6.45) is 0.568. The predicted octanol–water partition coefficient (Wildman–Crippen LogP) is 2.43. The molecule has 2 rings (SSSR count). The average Bonchev–Trinajstić information content (AvgIpc) is 2.47. The number of halogens is 2. The zero-order chi connectivity index (χ0) is 15.4. The molecular weight excluding hydrogens is 313 g/mol. The van der Waals surface area contributed by atoms with E-state index in [0.717, 1.165) is 0 Å². The third-order valence-corrected chi connectivity index (χ3v) is 3.48. The van der Waals surface area contributed by atoms with Gasteiger partial charge >= 0.3 is 5.69 Å². The van der Waals surface area contributed by atoms with Crippen molar-refractivity contribution in [3.8, 4) is 5.69 Å². The fourth-order valence-electron chi connectivity index (χ4n) is 1.79. The molecule has 1 aromatic carbocycles. The predicted molar refractivity (Wildman–Crippen MR) is 84.3 cm³/mol. The molecule has 1 heterocycles. The maximum Gasteiger partial charge on any atom is 0.356 e. The maximum atomic E-state index is 12.2. The van der Waals surface area contributed by atoms with Crippen molar-refractivity contribution < 1.29 is 0 Å². The highest BCUT2D eigenvalue weighted by molar-refractivity contribution is 6.42. The Labute approximate surface area is 132 Å². The monoisotopic (exact) mass is 327 g/mol. The molecule has 0 saturated carbocycles. The minimum Gasteiger partial charge on any atom is -0.289 e. The van der Waals surface area contributed by atoms with Crippen LogP contribution in [-0.4, -0.2) is 21.1 Å². The molecule has 0 atom stereocenters. The lowest BCUT2D eigenvalue weighted by molar-refractivity contribution is 0.747. The Hall–Kier alpha value is -1.63. The third kappa shape index (κ3) is 3.53. The van der Waals surface area contributed by atoms with Gasteiger partial charge in [0.05, 0.1) is 15.7 Å². The van der Waals surface area contributed by atoms with Crippen LogP contribution in [0.25, 0.3) is 5.69 Å². The fraction of sp³-hybridized carbons (Fsp3) is 0.308. The first kappa shape index (κ1) is 15.8. The second-order valence-corrected chi connectivity index (χ2v) is 5.00. The second-order valence-electron chi connectivity index (χ2n) is 4.19. The lowest BCUT2D eigenvalue weighted by Gasteiger charge is -2.12. The summed E-state index contributed by atoms with van der Waals surface area (Å²) >= 11 is 11.9. The standard InChI is InChI=1S/C13H15Cl2N5O/c1-3-11-17-12(19-16-4-2)18-13(21)20(11)8-5-6-9(14)10(15)7-8/h5-7,16H,3-4H2,1-2H3,(H,18,19,21). The summed E-state index contributed by atoms with van der Waals surface area (Å²) in [5.41, 5.74) is 5.79. The zero-order valence-electron chi connectivity index (χ0n) is 11.7. The Morgan fingerprint density at radius 1 is 1.19 bits per heavy atom. The van der Waals surface area contributed by atoms with Crippen molar-refractivity contribution in [2.45, 2.75) is 20.3 Å². The van der Waals surface area contributed by atoms with Gasteiger partial charge in [-0.15, -0.1) is 0 Å². The molecule has 0 aliphatic heterocycles. The molecule has 112 valence electrons. The number of hydrazine groups is 1. The van der Waals surface area contributed by atoms with Crippen molar-refractivity contribution in [3.05, 3.63) is 44.6 Å². The summed E-state index contributed by atoms with van der Waals surface area (Å²) < 4.78 is 1.42. The molecule has 0 unspecified atom stereocenters. The number of aromatic nitrogens is 3. The van der Waals surface area contributed by atoms with E-state index in [-0.39, 0.29) is 5.95 Å². The number of nitrogens with one attached hydrogen (secondary N) is 2. The van der Waals surface area contributed by atoms with E-state index in [1.54, 1.807) is 18.2 Å².